The molecule has 4 nitrogen and oxygen atoms in total. The van der Waals surface area contributed by atoms with Crippen LogP contribution in [0.3, 0.4) is 0 Å². The number of Topliss-reactive ketones (excluding diaryl/α,β-unsaturated/α-hetero) is 1. The molecule has 2 aliphatic rings. The first-order chi connectivity index (χ1) is 9.22. The van der Waals surface area contributed by atoms with Crippen LogP contribution in [0.15, 0.2) is 0 Å². The van der Waals surface area contributed by atoms with Crippen LogP contribution in [0.25, 0.3) is 0 Å². The molecule has 1 amide bonds. The van der Waals surface area contributed by atoms with Crippen LogP contribution in [-0.2, 0) is 9.59 Å². The van der Waals surface area contributed by atoms with Gasteiger partial charge in [-0.15, -0.1) is 0 Å². The Balaban J connectivity index is 1.90. The molecule has 0 aromatic heterocycles. The summed E-state index contributed by atoms with van der Waals surface area (Å²) in [6, 6.07) is 2.07. The molecule has 2 saturated carbocycles. The first-order valence-corrected chi connectivity index (χ1v) is 7.46. The number of rotatable bonds is 4. The molecule has 0 bridgehead atoms. The number of hydrogen-bond donors (Lipinski definition) is 1. The lowest BCUT2D eigenvalue weighted by Gasteiger charge is -2.24. The minimum absolute atomic E-state index is 0.0678. The molecule has 1 N–H and O–H groups in total. The number of carbonyl (C=O) groups excluding carboxylic acids is 2. The Kier molecular flexibility index (Phi) is 4.95. The largest absolute Gasteiger partial charge is 0.352 e. The third-order valence-electron chi connectivity index (χ3n) is 4.38. The fourth-order valence-electron chi connectivity index (χ4n) is 3.23. The molecule has 0 aromatic rings. The summed E-state index contributed by atoms with van der Waals surface area (Å²) in [5, 5.41) is 12.0. The number of carbonyl (C=O) groups is 2. The zero-order valence-corrected chi connectivity index (χ0v) is 11.4. The van der Waals surface area contributed by atoms with Crippen LogP contribution in [0, 0.1) is 23.2 Å². The van der Waals surface area contributed by atoms with Crippen molar-refractivity contribution in [1.82, 2.24) is 5.32 Å². The van der Waals surface area contributed by atoms with Crippen molar-refractivity contribution in [1.29, 1.82) is 5.26 Å². The summed E-state index contributed by atoms with van der Waals surface area (Å²) in [6.07, 6.45) is 9.18. The Morgan fingerprint density at radius 2 is 1.58 bits per heavy atom. The molecule has 0 aromatic carbocycles. The molecule has 104 valence electrons. The Morgan fingerprint density at radius 3 is 2.16 bits per heavy atom. The van der Waals surface area contributed by atoms with Gasteiger partial charge in [0.15, 0.2) is 11.7 Å². The van der Waals surface area contributed by atoms with Crippen molar-refractivity contribution < 1.29 is 9.59 Å². The molecular formula is C15H22N2O2. The van der Waals surface area contributed by atoms with Crippen molar-refractivity contribution in [2.24, 2.45) is 11.8 Å². The van der Waals surface area contributed by atoms with Gasteiger partial charge >= 0.3 is 0 Å². The quantitative estimate of drug-likeness (QED) is 0.790. The van der Waals surface area contributed by atoms with E-state index < -0.39 is 5.92 Å². The lowest BCUT2D eigenvalue weighted by molar-refractivity contribution is -0.134. The van der Waals surface area contributed by atoms with Crippen LogP contribution in [0.2, 0.25) is 0 Å². The van der Waals surface area contributed by atoms with E-state index in [4.69, 9.17) is 5.26 Å². The van der Waals surface area contributed by atoms with Gasteiger partial charge in [-0.25, -0.2) is 0 Å². The molecule has 0 spiro atoms. The standard InChI is InChI=1S/C15H22N2O2/c16-10-13(14(18)11-6-4-5-7-11)15(19)17-12-8-2-1-3-9-12/h11-13H,1-9H2,(H,17,19)/t13-/m0/s1. The zero-order valence-electron chi connectivity index (χ0n) is 11.4. The van der Waals surface area contributed by atoms with E-state index in [0.717, 1.165) is 51.4 Å². The van der Waals surface area contributed by atoms with E-state index in [1.807, 2.05) is 6.07 Å². The third kappa shape index (κ3) is 3.56. The van der Waals surface area contributed by atoms with Crippen LogP contribution in [-0.4, -0.2) is 17.7 Å². The van der Waals surface area contributed by atoms with E-state index in [1.54, 1.807) is 0 Å². The highest BCUT2D eigenvalue weighted by molar-refractivity contribution is 6.05. The van der Waals surface area contributed by atoms with Crippen LogP contribution in [0.5, 0.6) is 0 Å². The fraction of sp³-hybridized carbons (Fsp3) is 0.800. The van der Waals surface area contributed by atoms with Crippen LogP contribution < -0.4 is 5.32 Å². The molecule has 0 aliphatic heterocycles. The number of nitrogens with one attached hydrogen (secondary N) is 1. The molecule has 0 unspecified atom stereocenters. The number of nitrogens with zero attached hydrogens (tertiary/aromatic N) is 1. The second-order valence-corrected chi connectivity index (χ2v) is 5.79. The van der Waals surface area contributed by atoms with Crippen LogP contribution >= 0.6 is 0 Å². The van der Waals surface area contributed by atoms with Crippen LogP contribution in [0.4, 0.5) is 0 Å². The van der Waals surface area contributed by atoms with Gasteiger partial charge in [0.05, 0.1) is 6.07 Å². The maximum atomic E-state index is 12.2. The highest BCUT2D eigenvalue weighted by Crippen LogP contribution is 2.28. The molecule has 2 aliphatic carbocycles. The summed E-state index contributed by atoms with van der Waals surface area (Å²) in [4.78, 5) is 24.3. The molecule has 2 rings (SSSR count). The van der Waals surface area contributed by atoms with Gasteiger partial charge in [0.2, 0.25) is 5.91 Å². The van der Waals surface area contributed by atoms with Crippen molar-refractivity contribution in [2.45, 2.75) is 63.8 Å². The second kappa shape index (κ2) is 6.70. The van der Waals surface area contributed by atoms with Gasteiger partial charge in [-0.05, 0) is 25.7 Å². The highest BCUT2D eigenvalue weighted by atomic mass is 16.2. The lowest BCUT2D eigenvalue weighted by atomic mass is 9.90. The maximum Gasteiger partial charge on any atom is 0.245 e. The number of ketones is 1. The van der Waals surface area contributed by atoms with E-state index in [2.05, 4.69) is 5.32 Å². The molecule has 0 saturated heterocycles. The van der Waals surface area contributed by atoms with E-state index in [9.17, 15) is 9.59 Å². The normalized spacial score (nSPS) is 22.7. The second-order valence-electron chi connectivity index (χ2n) is 5.79. The Hall–Kier alpha value is -1.37. The smallest absolute Gasteiger partial charge is 0.245 e. The van der Waals surface area contributed by atoms with Crippen molar-refractivity contribution in [3.8, 4) is 6.07 Å². The predicted molar refractivity (Wildman–Crippen MR) is 71.1 cm³/mol. The van der Waals surface area contributed by atoms with Crippen LogP contribution in [0.1, 0.15) is 57.8 Å². The molecule has 2 fully saturated rings. The molecule has 4 heteroatoms. The highest BCUT2D eigenvalue weighted by Gasteiger charge is 2.34. The average molecular weight is 262 g/mol. The van der Waals surface area contributed by atoms with Gasteiger partial charge in [0, 0.05) is 12.0 Å². The van der Waals surface area contributed by atoms with E-state index >= 15 is 0 Å². The topological polar surface area (TPSA) is 70.0 Å². The monoisotopic (exact) mass is 262 g/mol. The van der Waals surface area contributed by atoms with Crippen molar-refractivity contribution >= 4 is 11.7 Å². The van der Waals surface area contributed by atoms with Gasteiger partial charge in [0.25, 0.3) is 0 Å². The number of amides is 1. The first kappa shape index (κ1) is 14.0. The lowest BCUT2D eigenvalue weighted by Crippen LogP contribution is -2.43. The summed E-state index contributed by atoms with van der Waals surface area (Å²) < 4.78 is 0. The summed E-state index contributed by atoms with van der Waals surface area (Å²) >= 11 is 0. The molecule has 0 radical (unpaired) electrons. The first-order valence-electron chi connectivity index (χ1n) is 7.46. The molecule has 0 heterocycles. The van der Waals surface area contributed by atoms with Crippen molar-refractivity contribution in [2.75, 3.05) is 0 Å². The molecular weight excluding hydrogens is 240 g/mol. The summed E-state index contributed by atoms with van der Waals surface area (Å²) in [7, 11) is 0. The summed E-state index contributed by atoms with van der Waals surface area (Å²) in [5.74, 6) is -1.69. The van der Waals surface area contributed by atoms with Gasteiger partial charge in [-0.1, -0.05) is 32.1 Å². The van der Waals surface area contributed by atoms with Gasteiger partial charge < -0.3 is 5.32 Å². The fourth-order valence-corrected chi connectivity index (χ4v) is 3.23. The third-order valence-corrected chi connectivity index (χ3v) is 4.38. The molecule has 1 atom stereocenters. The van der Waals surface area contributed by atoms with Gasteiger partial charge in [-0.3, -0.25) is 9.59 Å². The number of hydrogen-bond acceptors (Lipinski definition) is 3. The SMILES string of the molecule is N#C[C@H](C(=O)NC1CCCCC1)C(=O)C1CCCC1. The van der Waals surface area contributed by atoms with Crippen molar-refractivity contribution in [3.05, 3.63) is 0 Å². The summed E-state index contributed by atoms with van der Waals surface area (Å²) in [6.45, 7) is 0. The predicted octanol–water partition coefficient (Wildman–Crippen LogP) is 2.33. The maximum absolute atomic E-state index is 12.2. The average Bonchev–Trinajstić information content (AvgIpc) is 2.94. The van der Waals surface area contributed by atoms with Gasteiger partial charge in [-0.2, -0.15) is 5.26 Å². The van der Waals surface area contributed by atoms with E-state index in [1.165, 1.54) is 6.42 Å². The minimum atomic E-state index is -1.09. The Labute approximate surface area is 114 Å². The molecule has 19 heavy (non-hydrogen) atoms. The van der Waals surface area contributed by atoms with Crippen molar-refractivity contribution in [3.63, 3.8) is 0 Å². The number of nitriles is 1. The summed E-state index contributed by atoms with van der Waals surface area (Å²) in [5.41, 5.74) is 0. The van der Waals surface area contributed by atoms with Gasteiger partial charge in [0.1, 0.15) is 0 Å². The zero-order chi connectivity index (χ0) is 13.7. The minimum Gasteiger partial charge on any atom is -0.352 e. The Morgan fingerprint density at radius 1 is 1.00 bits per heavy atom. The van der Waals surface area contributed by atoms with E-state index in [0.29, 0.717) is 0 Å². The Bertz CT molecular complexity index is 374. The van der Waals surface area contributed by atoms with E-state index in [-0.39, 0.29) is 23.7 Å².